The van der Waals surface area contributed by atoms with Gasteiger partial charge in [-0.15, -0.1) is 0 Å². The molecule has 0 radical (unpaired) electrons. The van der Waals surface area contributed by atoms with Crippen molar-refractivity contribution in [1.82, 2.24) is 0 Å². The largest absolute Gasteiger partial charge is 0.493 e. The molecule has 0 aromatic heterocycles. The molecule has 0 bridgehead atoms. The van der Waals surface area contributed by atoms with Gasteiger partial charge in [0.2, 0.25) is 0 Å². The predicted octanol–water partition coefficient (Wildman–Crippen LogP) is 2.77. The smallest absolute Gasteiger partial charge is 0.122 e. The van der Waals surface area contributed by atoms with E-state index in [1.807, 2.05) is 0 Å². The van der Waals surface area contributed by atoms with Crippen LogP contribution in [0.2, 0.25) is 0 Å². The molecule has 2 aromatic rings. The van der Waals surface area contributed by atoms with Gasteiger partial charge in [-0.1, -0.05) is 30.3 Å². The van der Waals surface area contributed by atoms with Crippen molar-refractivity contribution in [3.8, 4) is 5.75 Å². The second-order valence-corrected chi connectivity index (χ2v) is 5.55. The lowest BCUT2D eigenvalue weighted by atomic mass is 9.84. The number of hydrogen-bond donors (Lipinski definition) is 1. The van der Waals surface area contributed by atoms with Crippen LogP contribution < -0.4 is 10.5 Å². The highest BCUT2D eigenvalue weighted by atomic mass is 16.5. The molecule has 0 spiro atoms. The van der Waals surface area contributed by atoms with Crippen LogP contribution in [0.5, 0.6) is 5.75 Å². The van der Waals surface area contributed by atoms with Gasteiger partial charge in [-0.25, -0.2) is 0 Å². The van der Waals surface area contributed by atoms with Crippen molar-refractivity contribution in [1.29, 1.82) is 0 Å². The van der Waals surface area contributed by atoms with Gasteiger partial charge in [0.05, 0.1) is 12.1 Å². The number of hydrogen-bond acceptors (Lipinski definition) is 2. The summed E-state index contributed by atoms with van der Waals surface area (Å²) in [5.41, 5.74) is 11.6. The van der Waals surface area contributed by atoms with Crippen LogP contribution in [0.1, 0.15) is 28.7 Å². The monoisotopic (exact) mass is 251 g/mol. The topological polar surface area (TPSA) is 35.2 Å². The lowest BCUT2D eigenvalue weighted by Crippen LogP contribution is -2.35. The molecule has 0 saturated heterocycles. The molecule has 0 fully saturated rings. The molecular formula is C17H17NO. The molecule has 19 heavy (non-hydrogen) atoms. The summed E-state index contributed by atoms with van der Waals surface area (Å²) in [4.78, 5) is 0. The molecule has 2 N–H and O–H groups in total. The Labute approximate surface area is 113 Å². The van der Waals surface area contributed by atoms with Crippen LogP contribution in [0.4, 0.5) is 0 Å². The zero-order valence-electron chi connectivity index (χ0n) is 10.9. The van der Waals surface area contributed by atoms with Gasteiger partial charge in [0.1, 0.15) is 5.75 Å². The molecule has 2 heteroatoms. The van der Waals surface area contributed by atoms with Crippen LogP contribution in [-0.2, 0) is 18.4 Å². The first-order valence-corrected chi connectivity index (χ1v) is 6.91. The van der Waals surface area contributed by atoms with Crippen LogP contribution in [0.15, 0.2) is 42.5 Å². The minimum absolute atomic E-state index is 0.325. The third-order valence-corrected chi connectivity index (χ3v) is 4.49. The quantitative estimate of drug-likeness (QED) is 0.846. The highest BCUT2D eigenvalue weighted by Crippen LogP contribution is 2.41. The highest BCUT2D eigenvalue weighted by Gasteiger charge is 2.36. The molecule has 1 aliphatic carbocycles. The fourth-order valence-electron chi connectivity index (χ4n) is 3.40. The normalized spacial score (nSPS) is 23.8. The number of fused-ring (bicyclic) bond motifs is 2. The van der Waals surface area contributed by atoms with Gasteiger partial charge in [-0.2, -0.15) is 0 Å². The number of benzene rings is 2. The zero-order chi connectivity index (χ0) is 12.9. The van der Waals surface area contributed by atoms with E-state index in [-0.39, 0.29) is 5.54 Å². The Balaban J connectivity index is 1.84. The molecule has 2 aliphatic rings. The van der Waals surface area contributed by atoms with Gasteiger partial charge in [0, 0.05) is 6.42 Å². The summed E-state index contributed by atoms with van der Waals surface area (Å²) in [6, 6.07) is 15.0. The Hall–Kier alpha value is -1.80. The Kier molecular flexibility index (Phi) is 2.24. The summed E-state index contributed by atoms with van der Waals surface area (Å²) < 4.78 is 5.58. The molecule has 2 nitrogen and oxygen atoms in total. The first-order valence-electron chi connectivity index (χ1n) is 6.91. The summed E-state index contributed by atoms with van der Waals surface area (Å²) in [6.45, 7) is 0.799. The van der Waals surface area contributed by atoms with E-state index in [2.05, 4.69) is 42.5 Å². The Morgan fingerprint density at radius 3 is 2.84 bits per heavy atom. The summed E-state index contributed by atoms with van der Waals surface area (Å²) in [6.07, 6.45) is 3.06. The minimum atomic E-state index is -0.325. The molecule has 2 aromatic carbocycles. The van der Waals surface area contributed by atoms with Crippen molar-refractivity contribution in [2.45, 2.75) is 24.8 Å². The van der Waals surface area contributed by atoms with Gasteiger partial charge in [0.15, 0.2) is 0 Å². The van der Waals surface area contributed by atoms with E-state index >= 15 is 0 Å². The maximum atomic E-state index is 6.75. The molecule has 96 valence electrons. The van der Waals surface area contributed by atoms with Crippen LogP contribution in [-0.4, -0.2) is 6.61 Å². The number of ether oxygens (including phenoxy) is 1. The Bertz CT molecular complexity index is 649. The minimum Gasteiger partial charge on any atom is -0.493 e. The zero-order valence-corrected chi connectivity index (χ0v) is 10.9. The Morgan fingerprint density at radius 2 is 1.89 bits per heavy atom. The summed E-state index contributed by atoms with van der Waals surface area (Å²) in [5.74, 6) is 1.03. The molecule has 4 rings (SSSR count). The molecule has 1 unspecified atom stereocenters. The number of rotatable bonds is 1. The lowest BCUT2D eigenvalue weighted by molar-refractivity contribution is 0.356. The van der Waals surface area contributed by atoms with Crippen molar-refractivity contribution < 1.29 is 4.74 Å². The third-order valence-electron chi connectivity index (χ3n) is 4.49. The molecule has 1 heterocycles. The average Bonchev–Trinajstić information content (AvgIpc) is 3.04. The third kappa shape index (κ3) is 1.53. The lowest BCUT2D eigenvalue weighted by Gasteiger charge is -2.26. The SMILES string of the molecule is NC1(c2ccc3c(c2)CCO3)CCc2ccccc21. The fraction of sp³-hybridized carbons (Fsp3) is 0.294. The molecular weight excluding hydrogens is 234 g/mol. The van der Waals surface area contributed by atoms with Crippen LogP contribution >= 0.6 is 0 Å². The standard InChI is InChI=1S/C17H17NO/c18-17(9-7-12-3-1-2-4-15(12)17)14-5-6-16-13(11-14)8-10-19-16/h1-6,11H,7-10,18H2. The van der Waals surface area contributed by atoms with Crippen LogP contribution in [0.3, 0.4) is 0 Å². The van der Waals surface area contributed by atoms with Crippen molar-refractivity contribution in [2.75, 3.05) is 6.61 Å². The van der Waals surface area contributed by atoms with Gasteiger partial charge in [0.25, 0.3) is 0 Å². The van der Waals surface area contributed by atoms with E-state index in [4.69, 9.17) is 10.5 Å². The molecule has 0 amide bonds. The van der Waals surface area contributed by atoms with Crippen LogP contribution in [0, 0.1) is 0 Å². The molecule has 1 atom stereocenters. The summed E-state index contributed by atoms with van der Waals surface area (Å²) in [5, 5.41) is 0. The summed E-state index contributed by atoms with van der Waals surface area (Å²) in [7, 11) is 0. The summed E-state index contributed by atoms with van der Waals surface area (Å²) >= 11 is 0. The van der Waals surface area contributed by atoms with Gasteiger partial charge in [-0.3, -0.25) is 0 Å². The first kappa shape index (κ1) is 11.1. The van der Waals surface area contributed by atoms with E-state index in [1.165, 1.54) is 22.3 Å². The maximum absolute atomic E-state index is 6.75. The van der Waals surface area contributed by atoms with E-state index in [0.29, 0.717) is 0 Å². The van der Waals surface area contributed by atoms with Gasteiger partial charge < -0.3 is 10.5 Å². The second-order valence-electron chi connectivity index (χ2n) is 5.55. The van der Waals surface area contributed by atoms with E-state index < -0.39 is 0 Å². The number of nitrogens with two attached hydrogens (primary N) is 1. The van der Waals surface area contributed by atoms with Gasteiger partial charge in [-0.05, 0) is 47.2 Å². The Morgan fingerprint density at radius 1 is 1.00 bits per heavy atom. The predicted molar refractivity (Wildman–Crippen MR) is 75.4 cm³/mol. The second kappa shape index (κ2) is 3.84. The van der Waals surface area contributed by atoms with Gasteiger partial charge >= 0.3 is 0 Å². The van der Waals surface area contributed by atoms with E-state index in [9.17, 15) is 0 Å². The van der Waals surface area contributed by atoms with E-state index in [0.717, 1.165) is 31.6 Å². The number of aryl methyl sites for hydroxylation is 1. The van der Waals surface area contributed by atoms with Crippen molar-refractivity contribution in [3.05, 3.63) is 64.7 Å². The highest BCUT2D eigenvalue weighted by molar-refractivity contribution is 5.50. The molecule has 1 aliphatic heterocycles. The maximum Gasteiger partial charge on any atom is 0.122 e. The molecule has 0 saturated carbocycles. The van der Waals surface area contributed by atoms with Crippen molar-refractivity contribution in [3.63, 3.8) is 0 Å². The van der Waals surface area contributed by atoms with Crippen LogP contribution in [0.25, 0.3) is 0 Å². The first-order chi connectivity index (χ1) is 9.27. The average molecular weight is 251 g/mol. The van der Waals surface area contributed by atoms with Crippen molar-refractivity contribution >= 4 is 0 Å². The van der Waals surface area contributed by atoms with Crippen molar-refractivity contribution in [2.24, 2.45) is 5.73 Å². The van der Waals surface area contributed by atoms with E-state index in [1.54, 1.807) is 0 Å². The fourth-order valence-corrected chi connectivity index (χ4v) is 3.40.